The summed E-state index contributed by atoms with van der Waals surface area (Å²) in [5, 5.41) is 11.8. The highest BCUT2D eigenvalue weighted by molar-refractivity contribution is 5.68. The number of nitrogens with zero attached hydrogens (tertiary/aromatic N) is 4. The first-order valence-electron chi connectivity index (χ1n) is 12.0. The second kappa shape index (κ2) is 13.6. The Bertz CT molecular complexity index is 1050. The minimum Gasteiger partial charge on any atom is -0.844 e. The molecule has 1 aromatic heterocycles. The van der Waals surface area contributed by atoms with Gasteiger partial charge in [-0.25, -0.2) is 10.5 Å². The van der Waals surface area contributed by atoms with Crippen LogP contribution < -0.4 is 10.6 Å². The van der Waals surface area contributed by atoms with E-state index in [9.17, 15) is 5.11 Å². The van der Waals surface area contributed by atoms with Gasteiger partial charge >= 0.3 is 17.5 Å². The Hall–Kier alpha value is -3.02. The van der Waals surface area contributed by atoms with Crippen LogP contribution >= 0.6 is 0 Å². The molecule has 2 rings (SSSR count). The number of nitrogens with one attached hydrogen (secondary N) is 1. The zero-order chi connectivity index (χ0) is 25.1. The molecule has 1 aliphatic heterocycles. The molecule has 0 spiro atoms. The molecule has 1 aliphatic rings. The Balaban J connectivity index is 1.85. The lowest BCUT2D eigenvalue weighted by Gasteiger charge is -2.07. The van der Waals surface area contributed by atoms with E-state index in [-0.39, 0.29) is 0 Å². The van der Waals surface area contributed by atoms with Crippen LogP contribution in [0.25, 0.3) is 0 Å². The van der Waals surface area contributed by atoms with E-state index < -0.39 is 6.01 Å². The number of hydrogen-bond acceptors (Lipinski definition) is 5. The van der Waals surface area contributed by atoms with E-state index >= 15 is 0 Å². The maximum Gasteiger partial charge on any atom is 0.491 e. The van der Waals surface area contributed by atoms with Crippen molar-refractivity contribution in [3.05, 3.63) is 46.6 Å². The van der Waals surface area contributed by atoms with Gasteiger partial charge in [-0.05, 0) is 79.2 Å². The Morgan fingerprint density at radius 1 is 0.912 bits per heavy atom. The van der Waals surface area contributed by atoms with Crippen LogP contribution in [0.4, 0.5) is 17.3 Å². The number of rotatable bonds is 13. The highest BCUT2D eigenvalue weighted by Gasteiger charge is 2.37. The van der Waals surface area contributed by atoms with Gasteiger partial charge < -0.3 is 5.11 Å². The van der Waals surface area contributed by atoms with E-state index in [0.717, 1.165) is 38.5 Å². The minimum absolute atomic E-state index is 0.347. The molecule has 0 aromatic carbocycles. The van der Waals surface area contributed by atoms with Crippen molar-refractivity contribution in [1.82, 2.24) is 9.97 Å². The first kappa shape index (κ1) is 27.2. The number of allylic oxidation sites excluding steroid dienone is 7. The van der Waals surface area contributed by atoms with Crippen LogP contribution in [-0.4, -0.2) is 45.8 Å². The molecule has 1 aromatic rings. The molecule has 2 heterocycles. The summed E-state index contributed by atoms with van der Waals surface area (Å²) in [6.07, 6.45) is 15.8. The average Bonchev–Trinajstić information content (AvgIpc) is 3.07. The van der Waals surface area contributed by atoms with Gasteiger partial charge in [0.2, 0.25) is 5.82 Å². The van der Waals surface area contributed by atoms with Crippen LogP contribution in [-0.2, 0) is 4.84 Å². The lowest BCUT2D eigenvalue weighted by molar-refractivity contribution is -0.446. The van der Waals surface area contributed by atoms with Crippen LogP contribution in [0.5, 0.6) is 6.01 Å². The lowest BCUT2D eigenvalue weighted by Crippen LogP contribution is -2.10. The smallest absolute Gasteiger partial charge is 0.491 e. The fraction of sp³-hybridized carbons (Fsp3) is 0.519. The second-order valence-corrected chi connectivity index (χ2v) is 9.15. The van der Waals surface area contributed by atoms with E-state index in [0.29, 0.717) is 23.9 Å². The van der Waals surface area contributed by atoms with Crippen LogP contribution in [0.2, 0.25) is 0 Å². The molecule has 0 saturated heterocycles. The summed E-state index contributed by atoms with van der Waals surface area (Å²) in [6, 6.07) is 2.63. The van der Waals surface area contributed by atoms with Crippen LogP contribution in [0.3, 0.4) is 0 Å². The number of hydrogen-bond donors (Lipinski definition) is 1. The SMILES string of the molecule is CONc1nc([O-])nc2c1[N+](C/C=C(\C)CC/C=C(\C)CC/C=C(\C)CCC=C(C)C)=C=[N+]2C. The van der Waals surface area contributed by atoms with Crippen molar-refractivity contribution < 1.29 is 19.1 Å². The van der Waals surface area contributed by atoms with Gasteiger partial charge in [-0.1, -0.05) is 49.7 Å². The number of anilines is 1. The number of fused-ring (bicyclic) bond motifs is 1. The molecule has 0 fully saturated rings. The monoisotopic (exact) mass is 466 g/mol. The average molecular weight is 467 g/mol. The van der Waals surface area contributed by atoms with E-state index in [1.54, 1.807) is 4.58 Å². The molecule has 0 bridgehead atoms. The summed E-state index contributed by atoms with van der Waals surface area (Å²) in [5.41, 5.74) is 8.99. The van der Waals surface area contributed by atoms with Crippen molar-refractivity contribution in [2.45, 2.75) is 73.1 Å². The molecule has 0 saturated carbocycles. The van der Waals surface area contributed by atoms with Crippen molar-refractivity contribution in [1.29, 1.82) is 0 Å². The Kier molecular flexibility index (Phi) is 10.9. The van der Waals surface area contributed by atoms with E-state index in [2.05, 4.69) is 80.4 Å². The quantitative estimate of drug-likeness (QED) is 0.227. The summed E-state index contributed by atoms with van der Waals surface area (Å²) in [7, 11) is 3.30. The highest BCUT2D eigenvalue weighted by Crippen LogP contribution is 2.34. The summed E-state index contributed by atoms with van der Waals surface area (Å²) in [4.78, 5) is 12.9. The summed E-state index contributed by atoms with van der Waals surface area (Å²) in [5.74, 6) is 0.866. The molecular formula is C27H40N5O2+. The standard InChI is InChI=1S/C27H40N5O2/c1-20(2)11-8-12-21(3)13-9-14-22(4)15-10-16-23(5)17-18-32-19-31(6)26-24(32)25(30-34-7)28-27(33)29-26/h11,13,15,17H,8-10,12,14,16,18H2,1-7H3,(H-,28,29,30,33)/q+1/b21-13+,22-15+,23-17+. The molecule has 7 nitrogen and oxygen atoms in total. The summed E-state index contributed by atoms with van der Waals surface area (Å²) >= 11 is 0. The van der Waals surface area contributed by atoms with Gasteiger partial charge in [-0.3, -0.25) is 4.84 Å². The summed E-state index contributed by atoms with van der Waals surface area (Å²) in [6.45, 7) is 11.5. The van der Waals surface area contributed by atoms with Crippen molar-refractivity contribution in [3.8, 4) is 6.01 Å². The molecule has 0 radical (unpaired) electrons. The zero-order valence-corrected chi connectivity index (χ0v) is 21.9. The Labute approximate surface area is 204 Å². The first-order valence-corrected chi connectivity index (χ1v) is 12.0. The van der Waals surface area contributed by atoms with Gasteiger partial charge in [-0.15, -0.1) is 0 Å². The second-order valence-electron chi connectivity index (χ2n) is 9.15. The summed E-state index contributed by atoms with van der Waals surface area (Å²) < 4.78 is 3.60. The molecular weight excluding hydrogens is 426 g/mol. The van der Waals surface area contributed by atoms with Gasteiger partial charge in [0.15, 0.2) is 13.6 Å². The maximum absolute atomic E-state index is 11.8. The van der Waals surface area contributed by atoms with Gasteiger partial charge in [0.25, 0.3) is 0 Å². The third-order valence-corrected chi connectivity index (χ3v) is 5.68. The third kappa shape index (κ3) is 8.73. The molecule has 7 heteroatoms. The first-order chi connectivity index (χ1) is 16.2. The maximum atomic E-state index is 11.8. The highest BCUT2D eigenvalue weighted by atomic mass is 16.6. The fourth-order valence-corrected chi connectivity index (χ4v) is 3.72. The molecule has 0 unspecified atom stereocenters. The van der Waals surface area contributed by atoms with Crippen LogP contribution in [0, 0.1) is 0 Å². The molecule has 1 N–H and O–H groups in total. The predicted molar refractivity (Wildman–Crippen MR) is 136 cm³/mol. The van der Waals surface area contributed by atoms with E-state index in [4.69, 9.17) is 4.84 Å². The van der Waals surface area contributed by atoms with Crippen molar-refractivity contribution in [3.63, 3.8) is 0 Å². The van der Waals surface area contributed by atoms with Crippen molar-refractivity contribution in [2.24, 2.45) is 0 Å². The van der Waals surface area contributed by atoms with E-state index in [1.807, 2.05) is 11.6 Å². The van der Waals surface area contributed by atoms with Gasteiger partial charge in [0, 0.05) is 0 Å². The topological polar surface area (TPSA) is 76.1 Å². The third-order valence-electron chi connectivity index (χ3n) is 5.68. The van der Waals surface area contributed by atoms with E-state index in [1.165, 1.54) is 29.4 Å². The van der Waals surface area contributed by atoms with Crippen molar-refractivity contribution in [2.75, 3.05) is 26.2 Å². The minimum atomic E-state index is -0.558. The Morgan fingerprint density at radius 3 is 2.03 bits per heavy atom. The largest absolute Gasteiger partial charge is 0.844 e. The van der Waals surface area contributed by atoms with Crippen LogP contribution in [0.15, 0.2) is 46.6 Å². The fourth-order valence-electron chi connectivity index (χ4n) is 3.72. The molecule has 34 heavy (non-hydrogen) atoms. The van der Waals surface area contributed by atoms with Gasteiger partial charge in [0.1, 0.15) is 0 Å². The van der Waals surface area contributed by atoms with Crippen molar-refractivity contribution >= 4 is 23.3 Å². The molecule has 184 valence electrons. The molecule has 0 amide bonds. The lowest BCUT2D eigenvalue weighted by atomic mass is 10.0. The Morgan fingerprint density at radius 2 is 1.47 bits per heavy atom. The number of aromatic nitrogens is 2. The normalized spacial score (nSPS) is 14.0. The van der Waals surface area contributed by atoms with Gasteiger partial charge in [0.05, 0.1) is 13.1 Å². The molecule has 0 aliphatic carbocycles. The van der Waals surface area contributed by atoms with Crippen LogP contribution in [0.1, 0.15) is 73.1 Å². The van der Waals surface area contributed by atoms with Gasteiger partial charge in [-0.2, -0.15) is 4.98 Å². The molecule has 0 atom stereocenters. The zero-order valence-electron chi connectivity index (χ0n) is 21.9. The predicted octanol–water partition coefficient (Wildman–Crippen LogP) is 5.77.